The molecule has 0 spiro atoms. The Morgan fingerprint density at radius 1 is 1.16 bits per heavy atom. The first-order valence-electron chi connectivity index (χ1n) is 7.94. The highest BCUT2D eigenvalue weighted by atomic mass is 32.2. The van der Waals surface area contributed by atoms with Crippen LogP contribution >= 0.6 is 11.8 Å². The minimum Gasteiger partial charge on any atom is -0.507 e. The van der Waals surface area contributed by atoms with Gasteiger partial charge in [-0.1, -0.05) is 18.2 Å². The highest BCUT2D eigenvalue weighted by Crippen LogP contribution is 2.31. The molecule has 1 N–H and O–H groups in total. The molecule has 3 rings (SSSR count). The van der Waals surface area contributed by atoms with Crippen LogP contribution < -0.4 is 0 Å². The number of hydrogen-bond acceptors (Lipinski definition) is 4. The number of rotatable bonds is 4. The highest BCUT2D eigenvalue weighted by molar-refractivity contribution is 7.98. The molecule has 3 aromatic rings. The topological polar surface area (TPSA) is 61.8 Å². The lowest BCUT2D eigenvalue weighted by molar-refractivity contribution is 0.474. The van der Waals surface area contributed by atoms with Gasteiger partial charge in [0.15, 0.2) is 0 Å². The number of aromatic nitrogens is 2. The smallest absolute Gasteiger partial charge is 0.133 e. The van der Waals surface area contributed by atoms with Gasteiger partial charge in [-0.25, -0.2) is 0 Å². The van der Waals surface area contributed by atoms with Crippen molar-refractivity contribution in [3.63, 3.8) is 0 Å². The number of phenolic OH excluding ortho intramolecular Hbond substituents is 1. The lowest BCUT2D eigenvalue weighted by Crippen LogP contribution is -2.04. The Hall–Kier alpha value is -2.71. The molecule has 4 nitrogen and oxygen atoms in total. The molecule has 0 unspecified atom stereocenters. The van der Waals surface area contributed by atoms with Crippen LogP contribution in [-0.2, 0) is 6.54 Å². The Labute approximate surface area is 151 Å². The first kappa shape index (κ1) is 17.1. The third-order valence-corrected chi connectivity index (χ3v) is 5.02. The summed E-state index contributed by atoms with van der Waals surface area (Å²) in [4.78, 5) is 1.24. The van der Waals surface area contributed by atoms with Crippen molar-refractivity contribution in [1.29, 1.82) is 5.26 Å². The fraction of sp³-hybridized carbons (Fsp3) is 0.200. The monoisotopic (exact) mass is 349 g/mol. The second kappa shape index (κ2) is 7.04. The highest BCUT2D eigenvalue weighted by Gasteiger charge is 2.15. The maximum absolute atomic E-state index is 9.97. The van der Waals surface area contributed by atoms with Gasteiger partial charge in [0.25, 0.3) is 0 Å². The van der Waals surface area contributed by atoms with E-state index in [1.165, 1.54) is 10.5 Å². The molecule has 0 aliphatic rings. The zero-order valence-electron chi connectivity index (χ0n) is 14.4. The van der Waals surface area contributed by atoms with E-state index in [4.69, 9.17) is 5.26 Å². The molecule has 5 heteroatoms. The van der Waals surface area contributed by atoms with Crippen LogP contribution in [0.5, 0.6) is 5.75 Å². The molecule has 0 radical (unpaired) electrons. The van der Waals surface area contributed by atoms with Gasteiger partial charge in [-0.05, 0) is 55.5 Å². The average molecular weight is 349 g/mol. The zero-order chi connectivity index (χ0) is 18.0. The Balaban J connectivity index is 1.95. The Morgan fingerprint density at radius 3 is 2.48 bits per heavy atom. The molecular formula is C20H19N3OS. The molecule has 0 saturated heterocycles. The first-order chi connectivity index (χ1) is 12.0. The lowest BCUT2D eigenvalue weighted by Gasteiger charge is -2.07. The summed E-state index contributed by atoms with van der Waals surface area (Å²) in [6.07, 6.45) is 2.06. The summed E-state index contributed by atoms with van der Waals surface area (Å²) in [6.45, 7) is 4.69. The van der Waals surface area contributed by atoms with Crippen molar-refractivity contribution in [2.75, 3.05) is 6.26 Å². The average Bonchev–Trinajstić information content (AvgIpc) is 2.89. The van der Waals surface area contributed by atoms with Crippen molar-refractivity contribution in [3.8, 4) is 22.9 Å². The van der Waals surface area contributed by atoms with Gasteiger partial charge >= 0.3 is 0 Å². The third-order valence-electron chi connectivity index (χ3n) is 4.28. The van der Waals surface area contributed by atoms with Gasteiger partial charge in [0.05, 0.1) is 17.8 Å². The van der Waals surface area contributed by atoms with Crippen LogP contribution in [0.1, 0.15) is 22.5 Å². The van der Waals surface area contributed by atoms with E-state index in [0.29, 0.717) is 6.54 Å². The molecule has 0 bridgehead atoms. The summed E-state index contributed by atoms with van der Waals surface area (Å²) in [5.74, 6) is -0.000737. The molecule has 0 aliphatic carbocycles. The van der Waals surface area contributed by atoms with Gasteiger partial charge in [-0.15, -0.1) is 11.8 Å². The van der Waals surface area contributed by atoms with E-state index in [0.717, 1.165) is 22.5 Å². The van der Waals surface area contributed by atoms with Gasteiger partial charge in [0.1, 0.15) is 11.8 Å². The van der Waals surface area contributed by atoms with Crippen LogP contribution in [-0.4, -0.2) is 21.1 Å². The molecule has 1 heterocycles. The maximum Gasteiger partial charge on any atom is 0.133 e. The zero-order valence-corrected chi connectivity index (χ0v) is 15.3. The van der Waals surface area contributed by atoms with E-state index < -0.39 is 0 Å². The fourth-order valence-electron chi connectivity index (χ4n) is 2.95. The number of nitriles is 1. The van der Waals surface area contributed by atoms with Crippen molar-refractivity contribution in [3.05, 3.63) is 65.0 Å². The molecule has 25 heavy (non-hydrogen) atoms. The van der Waals surface area contributed by atoms with E-state index in [2.05, 4.69) is 35.6 Å². The number of aromatic hydroxyl groups is 1. The number of benzene rings is 2. The summed E-state index contributed by atoms with van der Waals surface area (Å²) in [5.41, 5.74) is 5.28. The van der Waals surface area contributed by atoms with E-state index >= 15 is 0 Å². The van der Waals surface area contributed by atoms with Crippen molar-refractivity contribution >= 4 is 11.8 Å². The van der Waals surface area contributed by atoms with Crippen LogP contribution in [0.15, 0.2) is 47.4 Å². The van der Waals surface area contributed by atoms with Crippen LogP contribution in [0.2, 0.25) is 0 Å². The van der Waals surface area contributed by atoms with Crippen LogP contribution in [0, 0.1) is 25.2 Å². The second-order valence-corrected chi connectivity index (χ2v) is 6.77. The lowest BCUT2D eigenvalue weighted by atomic mass is 10.0. The summed E-state index contributed by atoms with van der Waals surface area (Å²) in [5, 5.41) is 23.6. The molecule has 126 valence electrons. The van der Waals surface area contributed by atoms with E-state index in [1.54, 1.807) is 23.9 Å². The summed E-state index contributed by atoms with van der Waals surface area (Å²) < 4.78 is 1.98. The largest absolute Gasteiger partial charge is 0.507 e. The normalized spacial score (nSPS) is 10.6. The fourth-order valence-corrected chi connectivity index (χ4v) is 3.36. The Bertz CT molecular complexity index is 952. The standard InChI is InChI=1S/C20H19N3OS/c1-13-20(16-6-7-17(11-21)19(24)10-16)14(2)23(22-13)12-15-4-8-18(25-3)9-5-15/h4-10,24H,12H2,1-3H3. The molecule has 1 aromatic heterocycles. The van der Waals surface area contributed by atoms with Crippen molar-refractivity contribution < 1.29 is 5.11 Å². The number of phenols is 1. The maximum atomic E-state index is 9.97. The van der Waals surface area contributed by atoms with Gasteiger partial charge in [0, 0.05) is 16.2 Å². The van der Waals surface area contributed by atoms with Gasteiger partial charge in [-0.2, -0.15) is 10.4 Å². The van der Waals surface area contributed by atoms with Crippen LogP contribution in [0.25, 0.3) is 11.1 Å². The number of nitrogens with zero attached hydrogens (tertiary/aromatic N) is 3. The SMILES string of the molecule is CSc1ccc(Cn2nc(C)c(-c3ccc(C#N)c(O)c3)c2C)cc1. The van der Waals surface area contributed by atoms with Gasteiger partial charge < -0.3 is 5.11 Å². The molecule has 0 aliphatic heterocycles. The molecule has 0 fully saturated rings. The van der Waals surface area contributed by atoms with E-state index in [9.17, 15) is 5.11 Å². The first-order valence-corrected chi connectivity index (χ1v) is 9.16. The van der Waals surface area contributed by atoms with Gasteiger partial charge in [0.2, 0.25) is 0 Å². The minimum atomic E-state index is -0.000737. The minimum absolute atomic E-state index is 0.000737. The number of aryl methyl sites for hydroxylation is 1. The van der Waals surface area contributed by atoms with Crippen molar-refractivity contribution in [1.82, 2.24) is 9.78 Å². The predicted molar refractivity (Wildman–Crippen MR) is 101 cm³/mol. The predicted octanol–water partition coefficient (Wildman–Crippen LogP) is 4.51. The van der Waals surface area contributed by atoms with E-state index in [-0.39, 0.29) is 11.3 Å². The third kappa shape index (κ3) is 3.40. The summed E-state index contributed by atoms with van der Waals surface area (Å²) in [6, 6.07) is 15.6. The van der Waals surface area contributed by atoms with Crippen molar-refractivity contribution in [2.45, 2.75) is 25.3 Å². The molecule has 0 amide bonds. The summed E-state index contributed by atoms with van der Waals surface area (Å²) in [7, 11) is 0. The molecule has 2 aromatic carbocycles. The van der Waals surface area contributed by atoms with Gasteiger partial charge in [-0.3, -0.25) is 4.68 Å². The van der Waals surface area contributed by atoms with Crippen LogP contribution in [0.4, 0.5) is 0 Å². The van der Waals surface area contributed by atoms with Crippen LogP contribution in [0.3, 0.4) is 0 Å². The summed E-state index contributed by atoms with van der Waals surface area (Å²) >= 11 is 1.73. The second-order valence-electron chi connectivity index (χ2n) is 5.90. The number of thioether (sulfide) groups is 1. The quantitative estimate of drug-likeness (QED) is 0.704. The molecule has 0 saturated carbocycles. The molecule has 0 atom stereocenters. The van der Waals surface area contributed by atoms with E-state index in [1.807, 2.05) is 30.7 Å². The number of hydrogen-bond donors (Lipinski definition) is 1. The molecular weight excluding hydrogens is 330 g/mol. The Kier molecular flexibility index (Phi) is 4.82. The van der Waals surface area contributed by atoms with Crippen molar-refractivity contribution in [2.24, 2.45) is 0 Å². The Morgan fingerprint density at radius 2 is 1.88 bits per heavy atom.